The smallest absolute Gasteiger partial charge is 0.253 e. The Morgan fingerprint density at radius 2 is 1.55 bits per heavy atom. The van der Waals surface area contributed by atoms with Crippen molar-refractivity contribution in [2.45, 2.75) is 33.6 Å². The summed E-state index contributed by atoms with van der Waals surface area (Å²) in [4.78, 5) is 38.6. The van der Waals surface area contributed by atoms with Crippen molar-refractivity contribution in [1.29, 1.82) is 0 Å². The first-order valence-corrected chi connectivity index (χ1v) is 10.8. The number of rotatable bonds is 9. The molecule has 3 N–H and O–H groups in total. The molecule has 3 amide bonds. The minimum Gasteiger partial charge on any atom is -0.376 e. The van der Waals surface area contributed by atoms with Crippen molar-refractivity contribution in [3.63, 3.8) is 0 Å². The molecule has 0 heterocycles. The highest BCUT2D eigenvalue weighted by molar-refractivity contribution is 5.98. The lowest BCUT2D eigenvalue weighted by Crippen LogP contribution is -2.30. The first kappa shape index (κ1) is 22.3. The standard InChI is InChI=1S/C24H30N4O3/c1-4-28(5-2)24(31)18-11-13-19(14-12-18)25-15-22(29)26-20-7-6-8-21(16(20)3)27-23(30)17-9-10-17/h6-8,11-14,17,25H,4-5,9-10,15H2,1-3H3,(H,26,29)(H,27,30). The van der Waals surface area contributed by atoms with Crippen LogP contribution in [-0.4, -0.2) is 42.3 Å². The summed E-state index contributed by atoms with van der Waals surface area (Å²) in [6, 6.07) is 12.6. The van der Waals surface area contributed by atoms with Crippen molar-refractivity contribution in [3.05, 3.63) is 53.6 Å². The van der Waals surface area contributed by atoms with E-state index in [9.17, 15) is 14.4 Å². The Balaban J connectivity index is 1.54. The molecule has 1 fully saturated rings. The number of anilines is 3. The maximum atomic E-state index is 12.4. The van der Waals surface area contributed by atoms with Crippen LogP contribution in [0.5, 0.6) is 0 Å². The van der Waals surface area contributed by atoms with Gasteiger partial charge in [-0.25, -0.2) is 0 Å². The molecule has 2 aromatic rings. The van der Waals surface area contributed by atoms with E-state index in [1.165, 1.54) is 0 Å². The van der Waals surface area contributed by atoms with E-state index in [1.807, 2.05) is 39.0 Å². The molecule has 0 radical (unpaired) electrons. The number of nitrogens with zero attached hydrogens (tertiary/aromatic N) is 1. The van der Waals surface area contributed by atoms with Crippen molar-refractivity contribution >= 4 is 34.8 Å². The van der Waals surface area contributed by atoms with Crippen molar-refractivity contribution in [3.8, 4) is 0 Å². The zero-order valence-electron chi connectivity index (χ0n) is 18.3. The van der Waals surface area contributed by atoms with Gasteiger partial charge in [-0.3, -0.25) is 14.4 Å². The molecule has 7 nitrogen and oxygen atoms in total. The van der Waals surface area contributed by atoms with E-state index in [4.69, 9.17) is 0 Å². The average molecular weight is 423 g/mol. The molecule has 7 heteroatoms. The first-order valence-electron chi connectivity index (χ1n) is 10.8. The molecular formula is C24H30N4O3. The van der Waals surface area contributed by atoms with E-state index in [0.717, 1.165) is 29.8 Å². The average Bonchev–Trinajstić information content (AvgIpc) is 3.62. The lowest BCUT2D eigenvalue weighted by atomic mass is 10.1. The monoisotopic (exact) mass is 422 g/mol. The third-order valence-corrected chi connectivity index (χ3v) is 5.45. The Morgan fingerprint density at radius 3 is 2.13 bits per heavy atom. The lowest BCUT2D eigenvalue weighted by molar-refractivity contribution is -0.117. The van der Waals surface area contributed by atoms with Gasteiger partial charge in [-0.1, -0.05) is 6.07 Å². The number of hydrogen-bond acceptors (Lipinski definition) is 4. The normalized spacial score (nSPS) is 12.7. The maximum absolute atomic E-state index is 12.4. The summed E-state index contributed by atoms with van der Waals surface area (Å²) in [6.45, 7) is 7.20. The molecule has 0 aromatic heterocycles. The second-order valence-corrected chi connectivity index (χ2v) is 7.70. The van der Waals surface area contributed by atoms with Crippen molar-refractivity contribution in [2.75, 3.05) is 35.6 Å². The highest BCUT2D eigenvalue weighted by atomic mass is 16.2. The lowest BCUT2D eigenvalue weighted by Gasteiger charge is -2.18. The summed E-state index contributed by atoms with van der Waals surface area (Å²) in [5.74, 6) is -0.0396. The van der Waals surface area contributed by atoms with Gasteiger partial charge in [-0.05, 0) is 75.6 Å². The molecule has 0 atom stereocenters. The quantitative estimate of drug-likeness (QED) is 0.572. The second-order valence-electron chi connectivity index (χ2n) is 7.70. The first-order chi connectivity index (χ1) is 14.9. The molecule has 31 heavy (non-hydrogen) atoms. The fraction of sp³-hybridized carbons (Fsp3) is 0.375. The van der Waals surface area contributed by atoms with Gasteiger partial charge < -0.3 is 20.9 Å². The van der Waals surface area contributed by atoms with Gasteiger partial charge >= 0.3 is 0 Å². The largest absolute Gasteiger partial charge is 0.376 e. The molecule has 1 aliphatic carbocycles. The molecule has 0 unspecified atom stereocenters. The SMILES string of the molecule is CCN(CC)C(=O)c1ccc(NCC(=O)Nc2cccc(NC(=O)C3CC3)c2C)cc1. The van der Waals surface area contributed by atoms with Crippen LogP contribution in [-0.2, 0) is 9.59 Å². The number of amides is 3. The van der Waals surface area contributed by atoms with Crippen LogP contribution in [0.25, 0.3) is 0 Å². The van der Waals surface area contributed by atoms with E-state index < -0.39 is 0 Å². The Kier molecular flexibility index (Phi) is 7.28. The minimum absolute atomic E-state index is 0.00146. The summed E-state index contributed by atoms with van der Waals surface area (Å²) in [5, 5.41) is 8.89. The van der Waals surface area contributed by atoms with E-state index in [0.29, 0.717) is 24.3 Å². The van der Waals surface area contributed by atoms with Gasteiger partial charge in [0.2, 0.25) is 11.8 Å². The molecule has 1 saturated carbocycles. The predicted octanol–water partition coefficient (Wildman–Crippen LogP) is 3.88. The molecule has 0 aliphatic heterocycles. The van der Waals surface area contributed by atoms with Crippen LogP contribution in [0.4, 0.5) is 17.1 Å². The van der Waals surface area contributed by atoms with Gasteiger partial charge in [0, 0.05) is 41.6 Å². The van der Waals surface area contributed by atoms with Crippen LogP contribution >= 0.6 is 0 Å². The van der Waals surface area contributed by atoms with E-state index in [-0.39, 0.29) is 30.2 Å². The van der Waals surface area contributed by atoms with Gasteiger partial charge in [0.1, 0.15) is 0 Å². The van der Waals surface area contributed by atoms with Gasteiger partial charge in [-0.15, -0.1) is 0 Å². The van der Waals surface area contributed by atoms with Crippen LogP contribution < -0.4 is 16.0 Å². The Morgan fingerprint density at radius 1 is 0.935 bits per heavy atom. The number of carbonyl (C=O) groups excluding carboxylic acids is 3. The van der Waals surface area contributed by atoms with Crippen molar-refractivity contribution < 1.29 is 14.4 Å². The third-order valence-electron chi connectivity index (χ3n) is 5.45. The maximum Gasteiger partial charge on any atom is 0.253 e. The summed E-state index contributed by atoms with van der Waals surface area (Å²) < 4.78 is 0. The van der Waals surface area contributed by atoms with Crippen LogP contribution in [0.1, 0.15) is 42.6 Å². The molecule has 0 saturated heterocycles. The molecule has 3 rings (SSSR count). The van der Waals surface area contributed by atoms with Gasteiger partial charge in [0.25, 0.3) is 5.91 Å². The summed E-state index contributed by atoms with van der Waals surface area (Å²) in [5.41, 5.74) is 3.59. The van der Waals surface area contributed by atoms with Gasteiger partial charge in [-0.2, -0.15) is 0 Å². The molecule has 0 bridgehead atoms. The van der Waals surface area contributed by atoms with E-state index in [1.54, 1.807) is 29.2 Å². The molecule has 1 aliphatic rings. The fourth-order valence-corrected chi connectivity index (χ4v) is 3.29. The molecule has 2 aromatic carbocycles. The summed E-state index contributed by atoms with van der Waals surface area (Å²) >= 11 is 0. The third kappa shape index (κ3) is 5.84. The second kappa shape index (κ2) is 10.1. The van der Waals surface area contributed by atoms with Crippen LogP contribution in [0.3, 0.4) is 0 Å². The zero-order chi connectivity index (χ0) is 22.4. The fourth-order valence-electron chi connectivity index (χ4n) is 3.29. The van der Waals surface area contributed by atoms with Crippen LogP contribution in [0.15, 0.2) is 42.5 Å². The minimum atomic E-state index is -0.197. The van der Waals surface area contributed by atoms with Crippen LogP contribution in [0, 0.1) is 12.8 Å². The van der Waals surface area contributed by atoms with Gasteiger partial charge in [0.15, 0.2) is 0 Å². The number of hydrogen-bond donors (Lipinski definition) is 3. The summed E-state index contributed by atoms with van der Waals surface area (Å²) in [7, 11) is 0. The molecule has 0 spiro atoms. The van der Waals surface area contributed by atoms with Crippen molar-refractivity contribution in [1.82, 2.24) is 4.90 Å². The van der Waals surface area contributed by atoms with Crippen LogP contribution in [0.2, 0.25) is 0 Å². The molecular weight excluding hydrogens is 392 g/mol. The van der Waals surface area contributed by atoms with Gasteiger partial charge in [0.05, 0.1) is 6.54 Å². The Hall–Kier alpha value is -3.35. The Labute approximate surface area is 183 Å². The van der Waals surface area contributed by atoms with E-state index >= 15 is 0 Å². The highest BCUT2D eigenvalue weighted by Crippen LogP contribution is 2.31. The van der Waals surface area contributed by atoms with E-state index in [2.05, 4.69) is 16.0 Å². The number of nitrogens with one attached hydrogen (secondary N) is 3. The van der Waals surface area contributed by atoms with Crippen molar-refractivity contribution in [2.24, 2.45) is 5.92 Å². The zero-order valence-corrected chi connectivity index (χ0v) is 18.3. The predicted molar refractivity (Wildman–Crippen MR) is 123 cm³/mol. The highest BCUT2D eigenvalue weighted by Gasteiger charge is 2.29. The topological polar surface area (TPSA) is 90.5 Å². The number of carbonyl (C=O) groups is 3. The number of benzene rings is 2. The molecule has 164 valence electrons. The Bertz CT molecular complexity index is 948. The summed E-state index contributed by atoms with van der Waals surface area (Å²) in [6.07, 6.45) is 1.88.